The number of hydrogen-bond acceptors (Lipinski definition) is 2. The lowest BCUT2D eigenvalue weighted by atomic mass is 10.1. The summed E-state index contributed by atoms with van der Waals surface area (Å²) in [6, 6.07) is 8.01. The molecule has 2 rings (SSSR count). The minimum atomic E-state index is 0.119. The van der Waals surface area contributed by atoms with Crippen molar-refractivity contribution in [3.05, 3.63) is 29.8 Å². The maximum atomic E-state index is 11.9. The van der Waals surface area contributed by atoms with Gasteiger partial charge in [0, 0.05) is 13.0 Å². The van der Waals surface area contributed by atoms with Crippen molar-refractivity contribution in [3.8, 4) is 5.75 Å². The van der Waals surface area contributed by atoms with Crippen molar-refractivity contribution in [1.82, 2.24) is 4.90 Å². The summed E-state index contributed by atoms with van der Waals surface area (Å²) in [6.45, 7) is 2.06. The second-order valence-electron chi connectivity index (χ2n) is 4.67. The van der Waals surface area contributed by atoms with E-state index in [2.05, 4.69) is 6.92 Å². The molecule has 92 valence electrons. The van der Waals surface area contributed by atoms with Gasteiger partial charge in [-0.1, -0.05) is 12.1 Å². The number of ether oxygens (including phenoxy) is 1. The van der Waals surface area contributed by atoms with Crippen LogP contribution in [0.1, 0.15) is 31.4 Å². The number of carbonyl (C=O) groups excluding carboxylic acids is 1. The van der Waals surface area contributed by atoms with Gasteiger partial charge < -0.3 is 9.64 Å². The van der Waals surface area contributed by atoms with E-state index in [9.17, 15) is 4.79 Å². The van der Waals surface area contributed by atoms with E-state index in [0.29, 0.717) is 0 Å². The Morgan fingerprint density at radius 3 is 2.41 bits per heavy atom. The van der Waals surface area contributed by atoms with Gasteiger partial charge in [0.05, 0.1) is 13.2 Å². The maximum absolute atomic E-state index is 11.9. The molecule has 3 heteroatoms. The third-order valence-electron chi connectivity index (χ3n) is 3.45. The smallest absolute Gasteiger partial charge is 0.225 e. The molecular formula is C14H19NO2. The van der Waals surface area contributed by atoms with Crippen LogP contribution in [0, 0.1) is 5.92 Å². The number of rotatable bonds is 4. The standard InChI is InChI=1S/C14H19NO2/c1-10(15(2)14(16)12-4-5-12)11-6-8-13(17-3)9-7-11/h6-10,12H,4-5H2,1-3H3. The Bertz CT molecular complexity index is 395. The molecule has 0 spiro atoms. The Labute approximate surface area is 102 Å². The molecule has 0 aromatic heterocycles. The zero-order valence-electron chi connectivity index (χ0n) is 10.6. The summed E-state index contributed by atoms with van der Waals surface area (Å²) in [5.41, 5.74) is 1.14. The number of methoxy groups -OCH3 is 1. The van der Waals surface area contributed by atoms with Gasteiger partial charge in [-0.05, 0) is 37.5 Å². The average Bonchev–Trinajstić information content (AvgIpc) is 3.20. The molecule has 1 aromatic carbocycles. The monoisotopic (exact) mass is 233 g/mol. The molecular weight excluding hydrogens is 214 g/mol. The van der Waals surface area contributed by atoms with Crippen LogP contribution in [-0.4, -0.2) is 25.0 Å². The number of nitrogens with zero attached hydrogens (tertiary/aromatic N) is 1. The molecule has 0 bridgehead atoms. The topological polar surface area (TPSA) is 29.5 Å². The van der Waals surface area contributed by atoms with Gasteiger partial charge in [-0.25, -0.2) is 0 Å². The molecule has 1 aliphatic rings. The van der Waals surface area contributed by atoms with Crippen molar-refractivity contribution >= 4 is 5.91 Å². The van der Waals surface area contributed by atoms with E-state index < -0.39 is 0 Å². The second kappa shape index (κ2) is 4.78. The lowest BCUT2D eigenvalue weighted by Crippen LogP contribution is -2.30. The fourth-order valence-corrected chi connectivity index (χ4v) is 1.92. The minimum absolute atomic E-state index is 0.119. The second-order valence-corrected chi connectivity index (χ2v) is 4.67. The van der Waals surface area contributed by atoms with Gasteiger partial charge in [0.25, 0.3) is 0 Å². The predicted octanol–water partition coefficient (Wildman–Crippen LogP) is 2.62. The Hall–Kier alpha value is -1.51. The van der Waals surface area contributed by atoms with Crippen LogP contribution in [0.3, 0.4) is 0 Å². The molecule has 0 radical (unpaired) electrons. The first-order chi connectivity index (χ1) is 8.13. The zero-order chi connectivity index (χ0) is 12.4. The first-order valence-electron chi connectivity index (χ1n) is 6.04. The molecule has 1 atom stereocenters. The van der Waals surface area contributed by atoms with Gasteiger partial charge in [-0.15, -0.1) is 0 Å². The van der Waals surface area contributed by atoms with Crippen LogP contribution in [-0.2, 0) is 4.79 Å². The molecule has 1 fully saturated rings. The van der Waals surface area contributed by atoms with Crippen molar-refractivity contribution in [3.63, 3.8) is 0 Å². The van der Waals surface area contributed by atoms with Crippen molar-refractivity contribution in [2.24, 2.45) is 5.92 Å². The Kier molecular flexibility index (Phi) is 3.36. The van der Waals surface area contributed by atoms with E-state index >= 15 is 0 Å². The van der Waals surface area contributed by atoms with Crippen molar-refractivity contribution in [2.75, 3.05) is 14.2 Å². The molecule has 1 aliphatic carbocycles. The number of amides is 1. The molecule has 0 aliphatic heterocycles. The first kappa shape index (κ1) is 12.0. The largest absolute Gasteiger partial charge is 0.497 e. The van der Waals surface area contributed by atoms with Crippen LogP contribution in [0.4, 0.5) is 0 Å². The van der Waals surface area contributed by atoms with Gasteiger partial charge in [-0.3, -0.25) is 4.79 Å². The summed E-state index contributed by atoms with van der Waals surface area (Å²) >= 11 is 0. The van der Waals surface area contributed by atoms with E-state index in [1.807, 2.05) is 36.2 Å². The van der Waals surface area contributed by atoms with E-state index in [1.165, 1.54) is 0 Å². The van der Waals surface area contributed by atoms with E-state index in [-0.39, 0.29) is 17.9 Å². The SMILES string of the molecule is COc1ccc(C(C)N(C)C(=O)C2CC2)cc1. The van der Waals surface area contributed by atoms with Gasteiger partial charge in [0.2, 0.25) is 5.91 Å². The van der Waals surface area contributed by atoms with E-state index in [4.69, 9.17) is 4.74 Å². The molecule has 1 aromatic rings. The zero-order valence-corrected chi connectivity index (χ0v) is 10.6. The Balaban J connectivity index is 2.06. The summed E-state index contributed by atoms with van der Waals surface area (Å²) in [7, 11) is 3.54. The number of hydrogen-bond donors (Lipinski definition) is 0. The Morgan fingerprint density at radius 1 is 1.35 bits per heavy atom. The highest BCUT2D eigenvalue weighted by molar-refractivity contribution is 5.81. The van der Waals surface area contributed by atoms with Crippen molar-refractivity contribution in [2.45, 2.75) is 25.8 Å². The predicted molar refractivity (Wildman–Crippen MR) is 66.9 cm³/mol. The molecule has 0 N–H and O–H groups in total. The summed E-state index contributed by atoms with van der Waals surface area (Å²) in [6.07, 6.45) is 2.11. The van der Waals surface area contributed by atoms with Crippen LogP contribution in [0.15, 0.2) is 24.3 Å². The van der Waals surface area contributed by atoms with Gasteiger partial charge >= 0.3 is 0 Å². The highest BCUT2D eigenvalue weighted by atomic mass is 16.5. The maximum Gasteiger partial charge on any atom is 0.225 e. The van der Waals surface area contributed by atoms with Crippen LogP contribution in [0.2, 0.25) is 0 Å². The molecule has 0 saturated heterocycles. The fraction of sp³-hybridized carbons (Fsp3) is 0.500. The summed E-state index contributed by atoms with van der Waals surface area (Å²) in [5, 5.41) is 0. The number of carbonyl (C=O) groups is 1. The van der Waals surface area contributed by atoms with Gasteiger partial charge in [0.15, 0.2) is 0 Å². The molecule has 1 saturated carbocycles. The van der Waals surface area contributed by atoms with E-state index in [0.717, 1.165) is 24.2 Å². The minimum Gasteiger partial charge on any atom is -0.497 e. The summed E-state index contributed by atoms with van der Waals surface area (Å²) < 4.78 is 5.12. The average molecular weight is 233 g/mol. The molecule has 1 unspecified atom stereocenters. The first-order valence-corrected chi connectivity index (χ1v) is 6.04. The lowest BCUT2D eigenvalue weighted by Gasteiger charge is -2.25. The van der Waals surface area contributed by atoms with E-state index in [1.54, 1.807) is 7.11 Å². The third-order valence-corrected chi connectivity index (χ3v) is 3.45. The fourth-order valence-electron chi connectivity index (χ4n) is 1.92. The van der Waals surface area contributed by atoms with Crippen LogP contribution < -0.4 is 4.74 Å². The normalized spacial score (nSPS) is 16.4. The highest BCUT2D eigenvalue weighted by Gasteiger charge is 2.33. The quantitative estimate of drug-likeness (QED) is 0.800. The molecule has 3 nitrogen and oxygen atoms in total. The number of benzene rings is 1. The third kappa shape index (κ3) is 2.60. The lowest BCUT2D eigenvalue weighted by molar-refractivity contribution is -0.133. The molecule has 17 heavy (non-hydrogen) atoms. The highest BCUT2D eigenvalue weighted by Crippen LogP contribution is 2.33. The Morgan fingerprint density at radius 2 is 1.94 bits per heavy atom. The summed E-state index contributed by atoms with van der Waals surface area (Å²) in [5.74, 6) is 1.39. The van der Waals surface area contributed by atoms with Crippen LogP contribution in [0.5, 0.6) is 5.75 Å². The van der Waals surface area contributed by atoms with Crippen LogP contribution in [0.25, 0.3) is 0 Å². The van der Waals surface area contributed by atoms with Crippen molar-refractivity contribution in [1.29, 1.82) is 0 Å². The van der Waals surface area contributed by atoms with Gasteiger partial charge in [-0.2, -0.15) is 0 Å². The van der Waals surface area contributed by atoms with Crippen LogP contribution >= 0.6 is 0 Å². The molecule has 1 amide bonds. The summed E-state index contributed by atoms with van der Waals surface area (Å²) in [4.78, 5) is 13.8. The van der Waals surface area contributed by atoms with Crippen molar-refractivity contribution < 1.29 is 9.53 Å². The molecule has 0 heterocycles. The van der Waals surface area contributed by atoms with Gasteiger partial charge in [0.1, 0.15) is 5.75 Å².